The smallest absolute Gasteiger partial charge is 0.477 e. The van der Waals surface area contributed by atoms with Gasteiger partial charge in [0.1, 0.15) is 9.26 Å². The second-order valence-electron chi connectivity index (χ2n) is 2.47. The maximum atomic E-state index is 12.9. The van der Waals surface area contributed by atoms with Gasteiger partial charge in [0.05, 0.1) is 0 Å². The van der Waals surface area contributed by atoms with Crippen LogP contribution in [0.4, 0.5) is 17.6 Å². The molecular weight excluding hydrogens is 349 g/mol. The fourth-order valence-corrected chi connectivity index (χ4v) is 1.17. The van der Waals surface area contributed by atoms with Crippen LogP contribution in [0, 0.1) is 9.52 Å². The molecule has 1 aromatic heterocycles. The van der Waals surface area contributed by atoms with E-state index in [0.717, 1.165) is 0 Å². The van der Waals surface area contributed by atoms with Crippen molar-refractivity contribution in [3.8, 4) is 5.88 Å². The van der Waals surface area contributed by atoms with Crippen LogP contribution in [0.15, 0.2) is 6.07 Å². The van der Waals surface area contributed by atoms with Gasteiger partial charge in [0.15, 0.2) is 5.82 Å². The number of hydrogen-bond donors (Lipinski definition) is 1. The number of carbonyl (C=O) groups is 1. The number of rotatable bonds is 2. The Labute approximate surface area is 99.4 Å². The first-order valence-corrected chi connectivity index (χ1v) is 4.63. The molecule has 0 aliphatic heterocycles. The Morgan fingerprint density at radius 2 is 2.06 bits per heavy atom. The van der Waals surface area contributed by atoms with Crippen molar-refractivity contribution < 1.29 is 32.2 Å². The van der Waals surface area contributed by atoms with Gasteiger partial charge in [-0.25, -0.2) is 14.2 Å². The minimum absolute atomic E-state index is 0.415. The molecule has 0 spiro atoms. The molecule has 0 fully saturated rings. The lowest BCUT2D eigenvalue weighted by molar-refractivity contribution is -0.276. The largest absolute Gasteiger partial charge is 0.574 e. The number of pyridine rings is 1. The molecule has 9 heteroatoms. The number of aromatic nitrogens is 1. The van der Waals surface area contributed by atoms with Crippen molar-refractivity contribution in [3.63, 3.8) is 0 Å². The quantitative estimate of drug-likeness (QED) is 0.505. The van der Waals surface area contributed by atoms with Gasteiger partial charge in [0, 0.05) is 0 Å². The maximum absolute atomic E-state index is 12.9. The third-order valence-corrected chi connectivity index (χ3v) is 2.10. The molecule has 16 heavy (non-hydrogen) atoms. The van der Waals surface area contributed by atoms with Gasteiger partial charge in [-0.15, -0.1) is 13.2 Å². The van der Waals surface area contributed by atoms with Crippen LogP contribution in [0.5, 0.6) is 5.88 Å². The Bertz CT molecular complexity index is 434. The van der Waals surface area contributed by atoms with Crippen LogP contribution in [-0.4, -0.2) is 22.4 Å². The fraction of sp³-hybridized carbons (Fsp3) is 0.143. The van der Waals surface area contributed by atoms with E-state index in [1.165, 1.54) is 22.6 Å². The van der Waals surface area contributed by atoms with E-state index in [4.69, 9.17) is 5.11 Å². The van der Waals surface area contributed by atoms with E-state index in [-0.39, 0.29) is 0 Å². The monoisotopic (exact) mass is 351 g/mol. The predicted octanol–water partition coefficient (Wildman–Crippen LogP) is 2.42. The molecule has 0 unspecified atom stereocenters. The molecule has 0 aliphatic carbocycles. The second-order valence-corrected chi connectivity index (χ2v) is 3.49. The highest BCUT2D eigenvalue weighted by atomic mass is 127. The normalized spacial score (nSPS) is 11.3. The Morgan fingerprint density at radius 3 is 2.50 bits per heavy atom. The summed E-state index contributed by atoms with van der Waals surface area (Å²) in [6.45, 7) is 0. The highest BCUT2D eigenvalue weighted by Gasteiger charge is 2.34. The average Bonchev–Trinajstić information content (AvgIpc) is 2.07. The van der Waals surface area contributed by atoms with Gasteiger partial charge in [-0.05, 0) is 28.7 Å². The summed E-state index contributed by atoms with van der Waals surface area (Å²) in [6.07, 6.45) is -5.09. The van der Waals surface area contributed by atoms with Gasteiger partial charge in [-0.2, -0.15) is 0 Å². The molecule has 0 atom stereocenters. The standard InChI is InChI=1S/C7H2F4INO3/c8-3-1-2(6(14)15)5(13-4(3)12)16-7(9,10)11/h1H,(H,14,15). The lowest BCUT2D eigenvalue weighted by Crippen LogP contribution is -2.20. The van der Waals surface area contributed by atoms with Crippen LogP contribution in [0.3, 0.4) is 0 Å². The Hall–Kier alpha value is -1.13. The molecule has 1 heterocycles. The Morgan fingerprint density at radius 1 is 1.50 bits per heavy atom. The van der Waals surface area contributed by atoms with Crippen molar-refractivity contribution >= 4 is 28.6 Å². The van der Waals surface area contributed by atoms with Crippen molar-refractivity contribution in [1.29, 1.82) is 0 Å². The predicted molar refractivity (Wildman–Crippen MR) is 50.6 cm³/mol. The zero-order valence-corrected chi connectivity index (χ0v) is 9.34. The molecule has 4 nitrogen and oxygen atoms in total. The maximum Gasteiger partial charge on any atom is 0.574 e. The second kappa shape index (κ2) is 4.39. The van der Waals surface area contributed by atoms with Crippen LogP contribution < -0.4 is 4.74 Å². The first kappa shape index (κ1) is 12.9. The summed E-state index contributed by atoms with van der Waals surface area (Å²) in [7, 11) is 0. The lowest BCUT2D eigenvalue weighted by Gasteiger charge is -2.10. The van der Waals surface area contributed by atoms with Gasteiger partial charge >= 0.3 is 12.3 Å². The molecule has 0 saturated heterocycles. The summed E-state index contributed by atoms with van der Waals surface area (Å²) < 4.78 is 51.4. The molecule has 1 rings (SSSR count). The van der Waals surface area contributed by atoms with Gasteiger partial charge in [0.25, 0.3) is 0 Å². The highest BCUT2D eigenvalue weighted by molar-refractivity contribution is 14.1. The van der Waals surface area contributed by atoms with Crippen LogP contribution >= 0.6 is 22.6 Å². The van der Waals surface area contributed by atoms with Crippen molar-refractivity contribution in [2.75, 3.05) is 0 Å². The minimum atomic E-state index is -5.09. The zero-order chi connectivity index (χ0) is 12.5. The van der Waals surface area contributed by atoms with Gasteiger partial charge in [0.2, 0.25) is 5.88 Å². The minimum Gasteiger partial charge on any atom is -0.477 e. The zero-order valence-electron chi connectivity index (χ0n) is 7.18. The van der Waals surface area contributed by atoms with E-state index in [1.54, 1.807) is 0 Å². The molecule has 1 aromatic rings. The number of ether oxygens (including phenoxy) is 1. The van der Waals surface area contributed by atoms with Crippen molar-refractivity contribution in [2.45, 2.75) is 6.36 Å². The molecule has 1 N–H and O–H groups in total. The lowest BCUT2D eigenvalue weighted by atomic mass is 10.3. The van der Waals surface area contributed by atoms with Crippen LogP contribution in [0.2, 0.25) is 0 Å². The number of aromatic carboxylic acids is 1. The number of carboxylic acids is 1. The summed E-state index contributed by atoms with van der Waals surface area (Å²) in [4.78, 5) is 13.6. The number of nitrogens with zero attached hydrogens (tertiary/aromatic N) is 1. The summed E-state index contributed by atoms with van der Waals surface area (Å²) in [6, 6.07) is 0.415. The van der Waals surface area contributed by atoms with Gasteiger partial charge in [-0.3, -0.25) is 0 Å². The Balaban J connectivity index is 3.25. The molecular formula is C7H2F4INO3. The summed E-state index contributed by atoms with van der Waals surface area (Å²) in [5.74, 6) is -3.99. The molecule has 0 radical (unpaired) electrons. The first-order valence-electron chi connectivity index (χ1n) is 3.56. The molecule has 88 valence electrons. The number of halogens is 5. The Kier molecular flexibility index (Phi) is 3.55. The van der Waals surface area contributed by atoms with Crippen molar-refractivity contribution in [2.24, 2.45) is 0 Å². The molecule has 0 aromatic carbocycles. The average molecular weight is 351 g/mol. The van der Waals surface area contributed by atoms with E-state index in [1.807, 2.05) is 0 Å². The fourth-order valence-electron chi connectivity index (χ4n) is 0.791. The molecule has 0 amide bonds. The number of alkyl halides is 3. The molecule has 0 aliphatic rings. The van der Waals surface area contributed by atoms with Crippen molar-refractivity contribution in [1.82, 2.24) is 4.98 Å². The molecule has 0 saturated carbocycles. The summed E-state index contributed by atoms with van der Waals surface area (Å²) >= 11 is 1.32. The third kappa shape index (κ3) is 3.18. The van der Waals surface area contributed by atoms with E-state index in [2.05, 4.69) is 9.72 Å². The molecule has 0 bridgehead atoms. The summed E-state index contributed by atoms with van der Waals surface area (Å²) in [5.41, 5.74) is -0.991. The first-order chi connectivity index (χ1) is 7.20. The van der Waals surface area contributed by atoms with E-state index in [9.17, 15) is 22.4 Å². The van der Waals surface area contributed by atoms with Gasteiger partial charge < -0.3 is 9.84 Å². The topological polar surface area (TPSA) is 59.4 Å². The highest BCUT2D eigenvalue weighted by Crippen LogP contribution is 2.26. The van der Waals surface area contributed by atoms with E-state index in [0.29, 0.717) is 6.07 Å². The van der Waals surface area contributed by atoms with Crippen LogP contribution in [-0.2, 0) is 0 Å². The van der Waals surface area contributed by atoms with Crippen LogP contribution in [0.25, 0.3) is 0 Å². The summed E-state index contributed by atoms with van der Waals surface area (Å²) in [5, 5.41) is 8.52. The van der Waals surface area contributed by atoms with E-state index < -0.39 is 33.3 Å². The SMILES string of the molecule is O=C(O)c1cc(F)c(I)nc1OC(F)(F)F. The van der Waals surface area contributed by atoms with Crippen LogP contribution in [0.1, 0.15) is 10.4 Å². The van der Waals surface area contributed by atoms with Gasteiger partial charge in [-0.1, -0.05) is 0 Å². The number of carboxylic acid groups (broad SMARTS) is 1. The third-order valence-electron chi connectivity index (χ3n) is 1.34. The number of hydrogen-bond acceptors (Lipinski definition) is 3. The van der Waals surface area contributed by atoms with Crippen molar-refractivity contribution in [3.05, 3.63) is 21.1 Å². The van der Waals surface area contributed by atoms with E-state index >= 15 is 0 Å².